The first-order chi connectivity index (χ1) is 9.99. The van der Waals surface area contributed by atoms with Gasteiger partial charge in [-0.05, 0) is 37.6 Å². The predicted octanol–water partition coefficient (Wildman–Crippen LogP) is 2.83. The maximum Gasteiger partial charge on any atom is 0.365 e. The van der Waals surface area contributed by atoms with Crippen molar-refractivity contribution in [3.8, 4) is 0 Å². The molecule has 0 atom stereocenters. The third-order valence-corrected chi connectivity index (χ3v) is 3.07. The first kappa shape index (κ1) is 15.0. The number of aromatic nitrogens is 1. The van der Waals surface area contributed by atoms with Crippen molar-refractivity contribution in [2.45, 2.75) is 13.8 Å². The summed E-state index contributed by atoms with van der Waals surface area (Å²) in [6.45, 7) is 3.66. The lowest BCUT2D eigenvalue weighted by Crippen LogP contribution is -2.18. The van der Waals surface area contributed by atoms with Crippen molar-refractivity contribution < 1.29 is 9.63 Å². The molecule has 6 heteroatoms. The van der Waals surface area contributed by atoms with E-state index < -0.39 is 5.97 Å². The van der Waals surface area contributed by atoms with Gasteiger partial charge in [-0.2, -0.15) is 0 Å². The molecule has 21 heavy (non-hydrogen) atoms. The number of carbonyl (C=O) groups is 1. The number of amidine groups is 1. The molecule has 2 rings (SSSR count). The van der Waals surface area contributed by atoms with Crippen LogP contribution >= 0.6 is 11.6 Å². The quantitative estimate of drug-likeness (QED) is 0.311. The average Bonchev–Trinajstić information content (AvgIpc) is 2.44. The molecule has 2 aromatic rings. The minimum Gasteiger partial charge on any atom is -0.380 e. The van der Waals surface area contributed by atoms with Gasteiger partial charge in [-0.25, -0.2) is 9.78 Å². The fourth-order valence-corrected chi connectivity index (χ4v) is 2.24. The lowest BCUT2D eigenvalue weighted by molar-refractivity contribution is 0.0516. The maximum absolute atomic E-state index is 11.8. The summed E-state index contributed by atoms with van der Waals surface area (Å²) in [6, 6.07) is 10.3. The lowest BCUT2D eigenvalue weighted by atomic mass is 10.1. The second kappa shape index (κ2) is 6.37. The van der Waals surface area contributed by atoms with Crippen LogP contribution in [-0.4, -0.2) is 16.8 Å². The summed E-state index contributed by atoms with van der Waals surface area (Å²) in [6.07, 6.45) is 0. The van der Waals surface area contributed by atoms with Crippen LogP contribution in [0, 0.1) is 13.8 Å². The van der Waals surface area contributed by atoms with Crippen LogP contribution in [0.4, 0.5) is 0 Å². The molecular formula is C15H14ClN3O2. The molecule has 1 heterocycles. The monoisotopic (exact) mass is 303 g/mol. The zero-order chi connectivity index (χ0) is 15.4. The van der Waals surface area contributed by atoms with Gasteiger partial charge in [-0.15, -0.1) is 0 Å². The number of nitrogens with zero attached hydrogens (tertiary/aromatic N) is 2. The van der Waals surface area contributed by atoms with Crippen LogP contribution in [-0.2, 0) is 4.84 Å². The van der Waals surface area contributed by atoms with Crippen LogP contribution in [0.3, 0.4) is 0 Å². The molecule has 2 N–H and O–H groups in total. The van der Waals surface area contributed by atoms with Gasteiger partial charge in [-0.3, -0.25) is 0 Å². The maximum atomic E-state index is 11.8. The van der Waals surface area contributed by atoms with Crippen molar-refractivity contribution >= 4 is 23.4 Å². The normalized spacial score (nSPS) is 11.3. The summed E-state index contributed by atoms with van der Waals surface area (Å²) in [7, 11) is 0. The largest absolute Gasteiger partial charge is 0.380 e. The Labute approximate surface area is 127 Å². The minimum absolute atomic E-state index is 0.00859. The highest BCUT2D eigenvalue weighted by Crippen LogP contribution is 2.18. The summed E-state index contributed by atoms with van der Waals surface area (Å²) < 4.78 is 0. The molecular weight excluding hydrogens is 290 g/mol. The fourth-order valence-electron chi connectivity index (χ4n) is 1.86. The second-order valence-corrected chi connectivity index (χ2v) is 4.83. The van der Waals surface area contributed by atoms with Gasteiger partial charge in [0.15, 0.2) is 5.84 Å². The van der Waals surface area contributed by atoms with Gasteiger partial charge in [0.1, 0.15) is 5.15 Å². The molecule has 0 fully saturated rings. The van der Waals surface area contributed by atoms with E-state index in [1.807, 2.05) is 19.9 Å². The Bertz CT molecular complexity index is 676. The van der Waals surface area contributed by atoms with Crippen LogP contribution in [0.2, 0.25) is 5.15 Å². The van der Waals surface area contributed by atoms with Gasteiger partial charge in [0.25, 0.3) is 0 Å². The Hall–Kier alpha value is -2.40. The Morgan fingerprint density at radius 1 is 1.29 bits per heavy atom. The molecule has 1 aromatic carbocycles. The van der Waals surface area contributed by atoms with E-state index in [4.69, 9.17) is 22.2 Å². The number of aryl methyl sites for hydroxylation is 2. The molecule has 0 aliphatic rings. The SMILES string of the molecule is Cc1cc(C)c(/C(N)=N\OC(=O)c2ccccc2)c(Cl)n1. The number of hydrogen-bond donors (Lipinski definition) is 1. The highest BCUT2D eigenvalue weighted by atomic mass is 35.5. The number of oxime groups is 1. The summed E-state index contributed by atoms with van der Waals surface area (Å²) in [4.78, 5) is 20.7. The highest BCUT2D eigenvalue weighted by Gasteiger charge is 2.13. The average molecular weight is 304 g/mol. The number of rotatable bonds is 3. The van der Waals surface area contributed by atoms with E-state index >= 15 is 0 Å². The van der Waals surface area contributed by atoms with Crippen LogP contribution < -0.4 is 5.73 Å². The molecule has 0 aliphatic carbocycles. The highest BCUT2D eigenvalue weighted by molar-refractivity contribution is 6.33. The van der Waals surface area contributed by atoms with E-state index in [1.54, 1.807) is 30.3 Å². The van der Waals surface area contributed by atoms with Crippen molar-refractivity contribution in [1.29, 1.82) is 0 Å². The van der Waals surface area contributed by atoms with Crippen LogP contribution in [0.15, 0.2) is 41.6 Å². The van der Waals surface area contributed by atoms with E-state index in [9.17, 15) is 4.79 Å². The first-order valence-corrected chi connectivity index (χ1v) is 6.61. The Morgan fingerprint density at radius 3 is 2.57 bits per heavy atom. The minimum atomic E-state index is -0.590. The second-order valence-electron chi connectivity index (χ2n) is 4.47. The molecule has 0 bridgehead atoms. The number of benzene rings is 1. The topological polar surface area (TPSA) is 77.6 Å². The Balaban J connectivity index is 2.21. The van der Waals surface area contributed by atoms with E-state index in [2.05, 4.69) is 10.1 Å². The fraction of sp³-hybridized carbons (Fsp3) is 0.133. The number of pyridine rings is 1. The molecule has 0 aliphatic heterocycles. The van der Waals surface area contributed by atoms with Crippen molar-refractivity contribution in [2.24, 2.45) is 10.9 Å². The predicted molar refractivity (Wildman–Crippen MR) is 81.3 cm³/mol. The van der Waals surface area contributed by atoms with E-state index in [-0.39, 0.29) is 11.0 Å². The molecule has 5 nitrogen and oxygen atoms in total. The van der Waals surface area contributed by atoms with Crippen molar-refractivity contribution in [3.05, 3.63) is 63.9 Å². The molecule has 0 radical (unpaired) electrons. The zero-order valence-corrected chi connectivity index (χ0v) is 12.4. The van der Waals surface area contributed by atoms with Crippen molar-refractivity contribution in [2.75, 3.05) is 0 Å². The van der Waals surface area contributed by atoms with Crippen molar-refractivity contribution in [1.82, 2.24) is 4.98 Å². The third kappa shape index (κ3) is 3.58. The van der Waals surface area contributed by atoms with Gasteiger partial charge in [0.2, 0.25) is 0 Å². The molecule has 0 amide bonds. The standard InChI is InChI=1S/C15H14ClN3O2/c1-9-8-10(2)18-13(16)12(9)14(17)19-21-15(20)11-6-4-3-5-7-11/h3-8H,1-2H3,(H2,17,19). The molecule has 108 valence electrons. The Kier molecular flexibility index (Phi) is 4.55. The van der Waals surface area contributed by atoms with Crippen LogP contribution in [0.25, 0.3) is 0 Å². The van der Waals surface area contributed by atoms with Crippen molar-refractivity contribution in [3.63, 3.8) is 0 Å². The third-order valence-electron chi connectivity index (χ3n) is 2.79. The number of hydrogen-bond acceptors (Lipinski definition) is 4. The van der Waals surface area contributed by atoms with Gasteiger partial charge in [-0.1, -0.05) is 35.0 Å². The van der Waals surface area contributed by atoms with E-state index in [1.165, 1.54) is 0 Å². The smallest absolute Gasteiger partial charge is 0.365 e. The first-order valence-electron chi connectivity index (χ1n) is 6.23. The lowest BCUT2D eigenvalue weighted by Gasteiger charge is -2.07. The Morgan fingerprint density at radius 2 is 1.95 bits per heavy atom. The summed E-state index contributed by atoms with van der Waals surface area (Å²) in [5, 5.41) is 3.87. The number of halogens is 1. The van der Waals surface area contributed by atoms with Gasteiger partial charge in [0.05, 0.1) is 11.1 Å². The van der Waals surface area contributed by atoms with Crippen LogP contribution in [0.1, 0.15) is 27.2 Å². The summed E-state index contributed by atoms with van der Waals surface area (Å²) >= 11 is 6.05. The van der Waals surface area contributed by atoms with Crippen LogP contribution in [0.5, 0.6) is 0 Å². The zero-order valence-electron chi connectivity index (χ0n) is 11.6. The van der Waals surface area contributed by atoms with Gasteiger partial charge >= 0.3 is 5.97 Å². The molecule has 0 unspecified atom stereocenters. The number of carbonyl (C=O) groups excluding carboxylic acids is 1. The van der Waals surface area contributed by atoms with E-state index in [0.29, 0.717) is 11.1 Å². The summed E-state index contributed by atoms with van der Waals surface area (Å²) in [5.74, 6) is -0.582. The van der Waals surface area contributed by atoms with E-state index in [0.717, 1.165) is 11.3 Å². The molecule has 1 aromatic heterocycles. The van der Waals surface area contributed by atoms with Gasteiger partial charge < -0.3 is 10.6 Å². The number of nitrogens with two attached hydrogens (primary N) is 1. The van der Waals surface area contributed by atoms with Gasteiger partial charge in [0, 0.05) is 5.69 Å². The molecule has 0 spiro atoms. The molecule has 0 saturated carbocycles. The summed E-state index contributed by atoms with van der Waals surface area (Å²) in [5.41, 5.74) is 8.25. The molecule has 0 saturated heterocycles.